The molecule has 4 aromatic carbocycles. The summed E-state index contributed by atoms with van der Waals surface area (Å²) in [7, 11) is -7.70. The maximum absolute atomic E-state index is 14.0. The van der Waals surface area contributed by atoms with Crippen molar-refractivity contribution < 1.29 is 16.8 Å². The van der Waals surface area contributed by atoms with Crippen LogP contribution in [0.3, 0.4) is 0 Å². The maximum Gasteiger partial charge on any atom is 0.267 e. The van der Waals surface area contributed by atoms with E-state index in [2.05, 4.69) is 17.1 Å². The van der Waals surface area contributed by atoms with Gasteiger partial charge in [0.05, 0.1) is 21.6 Å². The number of nitrogens with zero attached hydrogens (tertiary/aromatic N) is 2. The minimum Gasteiger partial charge on any atom is -0.361 e. The van der Waals surface area contributed by atoms with Gasteiger partial charge in [-0.2, -0.15) is 0 Å². The van der Waals surface area contributed by atoms with Gasteiger partial charge in [-0.3, -0.25) is 0 Å². The van der Waals surface area contributed by atoms with E-state index in [-0.39, 0.29) is 15.7 Å². The predicted octanol–water partition coefficient (Wildman–Crippen LogP) is 8.38. The lowest BCUT2D eigenvalue weighted by Gasteiger charge is -2.21. The summed E-state index contributed by atoms with van der Waals surface area (Å²) in [5.74, 6) is -0.792. The van der Waals surface area contributed by atoms with E-state index in [1.807, 2.05) is 81.4 Å². The quantitative estimate of drug-likeness (QED) is 0.155. The Bertz CT molecular complexity index is 2480. The Morgan fingerprint density at radius 3 is 1.60 bits per heavy atom. The molecule has 0 aliphatic rings. The van der Waals surface area contributed by atoms with E-state index in [4.69, 9.17) is 0 Å². The number of aromatic nitrogens is 3. The second-order valence-corrected chi connectivity index (χ2v) is 16.4. The molecule has 0 saturated carbocycles. The summed E-state index contributed by atoms with van der Waals surface area (Å²) < 4.78 is 57.8. The minimum absolute atomic E-state index is 0.209. The van der Waals surface area contributed by atoms with E-state index in [0.717, 1.165) is 44.8 Å². The summed E-state index contributed by atoms with van der Waals surface area (Å²) in [5, 5.41) is 0. The second-order valence-electron chi connectivity index (χ2n) is 12.7. The molecule has 1 N–H and O–H groups in total. The van der Waals surface area contributed by atoms with Gasteiger partial charge in [0.1, 0.15) is 0 Å². The molecule has 2 unspecified atom stereocenters. The Kier molecular flexibility index (Phi) is 8.71. The van der Waals surface area contributed by atoms with Gasteiger partial charge in [-0.1, -0.05) is 95.6 Å². The van der Waals surface area contributed by atoms with Gasteiger partial charge in [0.25, 0.3) is 20.0 Å². The summed E-state index contributed by atoms with van der Waals surface area (Å²) in [4.78, 5) is 4.09. The molecule has 0 amide bonds. The number of nitrogens with one attached hydrogen (secondary N) is 1. The van der Waals surface area contributed by atoms with Crippen molar-refractivity contribution in [3.63, 3.8) is 0 Å². The highest BCUT2D eigenvalue weighted by atomic mass is 32.2. The molecule has 7 nitrogen and oxygen atoms in total. The lowest BCUT2D eigenvalue weighted by Crippen LogP contribution is -2.18. The summed E-state index contributed by atoms with van der Waals surface area (Å²) in [6, 6.07) is 41.0. The Morgan fingerprint density at radius 2 is 1.00 bits per heavy atom. The standard InChI is InChI=1S/C41H37N3O4S2/c1-29-11-17-32(18-12-29)40(34-25-27-43(28-34)49(45,46)35-8-5-4-6-9-35)37-23-24-38(42-37)41(33-19-13-30(2)14-20-33)39-10-7-26-44(39)50(47,48)36-21-15-31(3)16-22-36/h4-28,40-42H,1-3H3. The van der Waals surface area contributed by atoms with Crippen LogP contribution in [0.2, 0.25) is 0 Å². The van der Waals surface area contributed by atoms with Crippen LogP contribution >= 0.6 is 0 Å². The first kappa shape index (κ1) is 33.1. The fraction of sp³-hybridized carbons (Fsp3) is 0.122. The zero-order valence-corrected chi connectivity index (χ0v) is 29.6. The molecule has 0 fully saturated rings. The first-order valence-corrected chi connectivity index (χ1v) is 19.2. The molecule has 0 aliphatic carbocycles. The number of rotatable bonds is 10. The van der Waals surface area contributed by atoms with Crippen LogP contribution in [-0.2, 0) is 20.0 Å². The van der Waals surface area contributed by atoms with Gasteiger partial charge in [0.15, 0.2) is 0 Å². The molecule has 9 heteroatoms. The van der Waals surface area contributed by atoms with E-state index in [0.29, 0.717) is 5.69 Å². The smallest absolute Gasteiger partial charge is 0.267 e. The molecule has 50 heavy (non-hydrogen) atoms. The average Bonchev–Trinajstić information content (AvgIpc) is 3.91. The number of H-pyrrole nitrogens is 1. The van der Waals surface area contributed by atoms with Crippen molar-refractivity contribution >= 4 is 20.0 Å². The van der Waals surface area contributed by atoms with Crippen LogP contribution in [0.1, 0.15) is 62.3 Å². The van der Waals surface area contributed by atoms with Gasteiger partial charge in [0.2, 0.25) is 0 Å². The lowest BCUT2D eigenvalue weighted by atomic mass is 9.90. The van der Waals surface area contributed by atoms with Crippen LogP contribution in [0.4, 0.5) is 0 Å². The third-order valence-electron chi connectivity index (χ3n) is 9.13. The van der Waals surface area contributed by atoms with Crippen molar-refractivity contribution in [2.24, 2.45) is 0 Å². The monoisotopic (exact) mass is 699 g/mol. The van der Waals surface area contributed by atoms with E-state index >= 15 is 0 Å². The zero-order chi connectivity index (χ0) is 35.0. The number of hydrogen-bond donors (Lipinski definition) is 1. The van der Waals surface area contributed by atoms with Gasteiger partial charge < -0.3 is 4.98 Å². The van der Waals surface area contributed by atoms with Crippen molar-refractivity contribution in [2.75, 3.05) is 0 Å². The first-order chi connectivity index (χ1) is 24.0. The van der Waals surface area contributed by atoms with Crippen molar-refractivity contribution in [1.29, 1.82) is 0 Å². The van der Waals surface area contributed by atoms with E-state index in [1.165, 1.54) is 7.94 Å². The Morgan fingerprint density at radius 1 is 0.480 bits per heavy atom. The van der Waals surface area contributed by atoms with Crippen molar-refractivity contribution in [1.82, 2.24) is 12.9 Å². The SMILES string of the molecule is Cc1ccc(C(c2ccn(S(=O)(=O)c3ccccc3)c2)c2ccc(C(c3ccc(C)cc3)c3cccn3S(=O)(=O)c3ccc(C)cc3)[nH]2)cc1. The third-order valence-corrected chi connectivity index (χ3v) is 12.5. The Labute approximate surface area is 293 Å². The molecular formula is C41H37N3O4S2. The molecule has 3 heterocycles. The number of hydrogen-bond acceptors (Lipinski definition) is 4. The van der Waals surface area contributed by atoms with E-state index in [9.17, 15) is 16.8 Å². The fourth-order valence-electron chi connectivity index (χ4n) is 6.42. The molecule has 2 atom stereocenters. The third kappa shape index (κ3) is 6.26. The fourth-order valence-corrected chi connectivity index (χ4v) is 9.03. The Balaban J connectivity index is 1.35. The topological polar surface area (TPSA) is 93.9 Å². The molecule has 0 radical (unpaired) electrons. The van der Waals surface area contributed by atoms with Crippen LogP contribution in [0.25, 0.3) is 0 Å². The molecule has 7 aromatic rings. The second kappa shape index (κ2) is 13.2. The average molecular weight is 700 g/mol. The van der Waals surface area contributed by atoms with Crippen molar-refractivity contribution in [2.45, 2.75) is 42.4 Å². The van der Waals surface area contributed by atoms with Crippen LogP contribution in [0.5, 0.6) is 0 Å². The van der Waals surface area contributed by atoms with Crippen LogP contribution < -0.4 is 0 Å². The van der Waals surface area contributed by atoms with Crippen molar-refractivity contribution in [3.05, 3.63) is 203 Å². The van der Waals surface area contributed by atoms with Gasteiger partial charge in [-0.25, -0.2) is 24.8 Å². The largest absolute Gasteiger partial charge is 0.361 e. The predicted molar refractivity (Wildman–Crippen MR) is 197 cm³/mol. The van der Waals surface area contributed by atoms with Crippen LogP contribution in [0.15, 0.2) is 162 Å². The highest BCUT2D eigenvalue weighted by Gasteiger charge is 2.29. The molecule has 252 valence electrons. The maximum atomic E-state index is 14.0. The highest BCUT2D eigenvalue weighted by Crippen LogP contribution is 2.38. The minimum atomic E-state index is -3.90. The Hall–Kier alpha value is -5.38. The summed E-state index contributed by atoms with van der Waals surface area (Å²) in [6.45, 7) is 5.97. The summed E-state index contributed by atoms with van der Waals surface area (Å²) in [6.07, 6.45) is 4.85. The highest BCUT2D eigenvalue weighted by molar-refractivity contribution is 7.90. The van der Waals surface area contributed by atoms with E-state index < -0.39 is 26.0 Å². The molecule has 3 aromatic heterocycles. The first-order valence-electron chi connectivity index (χ1n) is 16.3. The van der Waals surface area contributed by atoms with Gasteiger partial charge in [0, 0.05) is 35.7 Å². The molecule has 0 saturated heterocycles. The molecule has 0 aliphatic heterocycles. The zero-order valence-electron chi connectivity index (χ0n) is 27.9. The van der Waals surface area contributed by atoms with Crippen molar-refractivity contribution in [3.8, 4) is 0 Å². The summed E-state index contributed by atoms with van der Waals surface area (Å²) >= 11 is 0. The normalized spacial score (nSPS) is 13.3. The van der Waals surface area contributed by atoms with Crippen LogP contribution in [0, 0.1) is 20.8 Å². The molecule has 0 bridgehead atoms. The van der Waals surface area contributed by atoms with Crippen LogP contribution in [-0.4, -0.2) is 29.8 Å². The van der Waals surface area contributed by atoms with Gasteiger partial charge in [-0.15, -0.1) is 0 Å². The number of aromatic amines is 1. The van der Waals surface area contributed by atoms with Gasteiger partial charge in [-0.05, 0) is 92.1 Å². The van der Waals surface area contributed by atoms with Gasteiger partial charge >= 0.3 is 0 Å². The lowest BCUT2D eigenvalue weighted by molar-refractivity contribution is 0.583. The molecular weight excluding hydrogens is 663 g/mol. The molecule has 7 rings (SSSR count). The number of benzene rings is 4. The van der Waals surface area contributed by atoms with E-state index in [1.54, 1.807) is 79.3 Å². The number of aryl methyl sites for hydroxylation is 3. The summed E-state index contributed by atoms with van der Waals surface area (Å²) in [5.41, 5.74) is 8.12. The molecule has 0 spiro atoms.